The van der Waals surface area contributed by atoms with Crippen molar-refractivity contribution in [3.63, 3.8) is 0 Å². The summed E-state index contributed by atoms with van der Waals surface area (Å²) in [5, 5.41) is 9.68. The summed E-state index contributed by atoms with van der Waals surface area (Å²) in [6, 6.07) is 3.69. The highest BCUT2D eigenvalue weighted by atomic mass is 16.5. The number of hydrogen-bond acceptors (Lipinski definition) is 3. The summed E-state index contributed by atoms with van der Waals surface area (Å²) in [7, 11) is 1.57. The van der Waals surface area contributed by atoms with Gasteiger partial charge in [-0.2, -0.15) is 0 Å². The number of rotatable bonds is 2. The standard InChI is InChI=1S/C10H15NO2/c1-7-5-6-8(10(2,3)12)11-9(7)13-4/h5-6,12H,1-4H3. The van der Waals surface area contributed by atoms with Crippen LogP contribution >= 0.6 is 0 Å². The van der Waals surface area contributed by atoms with Crippen LogP contribution in [0.5, 0.6) is 5.88 Å². The highest BCUT2D eigenvalue weighted by molar-refractivity contribution is 5.28. The summed E-state index contributed by atoms with van der Waals surface area (Å²) in [6.45, 7) is 5.31. The number of hydrogen-bond donors (Lipinski definition) is 1. The van der Waals surface area contributed by atoms with Crippen molar-refractivity contribution in [1.29, 1.82) is 0 Å². The smallest absolute Gasteiger partial charge is 0.216 e. The molecule has 0 saturated heterocycles. The monoisotopic (exact) mass is 181 g/mol. The van der Waals surface area contributed by atoms with Crippen molar-refractivity contribution >= 4 is 0 Å². The molecule has 1 aromatic rings. The maximum absolute atomic E-state index is 9.68. The molecule has 13 heavy (non-hydrogen) atoms. The molecule has 1 N–H and O–H groups in total. The lowest BCUT2D eigenvalue weighted by Crippen LogP contribution is -2.17. The van der Waals surface area contributed by atoms with E-state index in [1.54, 1.807) is 27.0 Å². The molecule has 0 aliphatic carbocycles. The van der Waals surface area contributed by atoms with Gasteiger partial charge in [0.25, 0.3) is 0 Å². The maximum Gasteiger partial charge on any atom is 0.216 e. The number of ether oxygens (including phenoxy) is 1. The van der Waals surface area contributed by atoms with Crippen LogP contribution in [0.1, 0.15) is 25.1 Å². The first kappa shape index (κ1) is 9.99. The molecule has 0 aliphatic rings. The Hall–Kier alpha value is -1.09. The molecule has 0 aliphatic heterocycles. The van der Waals surface area contributed by atoms with E-state index in [9.17, 15) is 5.11 Å². The molecule has 0 unspecified atom stereocenters. The van der Waals surface area contributed by atoms with Crippen LogP contribution in [0.4, 0.5) is 0 Å². The van der Waals surface area contributed by atoms with Crippen molar-refractivity contribution < 1.29 is 9.84 Å². The van der Waals surface area contributed by atoms with E-state index >= 15 is 0 Å². The van der Waals surface area contributed by atoms with E-state index in [0.717, 1.165) is 5.56 Å². The molecule has 0 aromatic carbocycles. The Bertz CT molecular complexity index is 302. The van der Waals surface area contributed by atoms with Crippen LogP contribution in [0.3, 0.4) is 0 Å². The van der Waals surface area contributed by atoms with Crippen molar-refractivity contribution in [2.45, 2.75) is 26.4 Å². The summed E-state index contributed by atoms with van der Waals surface area (Å²) in [5.41, 5.74) is 0.673. The Morgan fingerprint density at radius 2 is 2.00 bits per heavy atom. The second kappa shape index (κ2) is 3.34. The molecule has 3 heteroatoms. The first-order valence-corrected chi connectivity index (χ1v) is 4.19. The first-order valence-electron chi connectivity index (χ1n) is 4.19. The summed E-state index contributed by atoms with van der Waals surface area (Å²) in [6.07, 6.45) is 0. The van der Waals surface area contributed by atoms with Crippen LogP contribution in [-0.2, 0) is 5.60 Å². The summed E-state index contributed by atoms with van der Waals surface area (Å²) < 4.78 is 5.06. The molecule has 1 aromatic heterocycles. The van der Waals surface area contributed by atoms with Gasteiger partial charge in [0, 0.05) is 5.56 Å². The van der Waals surface area contributed by atoms with Gasteiger partial charge < -0.3 is 9.84 Å². The molecule has 0 fully saturated rings. The lowest BCUT2D eigenvalue weighted by atomic mass is 10.0. The molecule has 1 rings (SSSR count). The van der Waals surface area contributed by atoms with Crippen LogP contribution in [-0.4, -0.2) is 17.2 Å². The van der Waals surface area contributed by atoms with E-state index in [1.807, 2.05) is 13.0 Å². The number of methoxy groups -OCH3 is 1. The van der Waals surface area contributed by atoms with Gasteiger partial charge in [0.15, 0.2) is 0 Å². The first-order chi connectivity index (χ1) is 5.95. The molecule has 0 atom stereocenters. The zero-order chi connectivity index (χ0) is 10.1. The second-order valence-electron chi connectivity index (χ2n) is 3.58. The van der Waals surface area contributed by atoms with Gasteiger partial charge in [-0.25, -0.2) is 4.98 Å². The molecule has 0 bridgehead atoms. The third-order valence-corrected chi connectivity index (χ3v) is 1.87. The van der Waals surface area contributed by atoms with E-state index in [-0.39, 0.29) is 0 Å². The fourth-order valence-electron chi connectivity index (χ4n) is 1.06. The Labute approximate surface area is 78.4 Å². The SMILES string of the molecule is COc1nc(C(C)(C)O)ccc1C. The Morgan fingerprint density at radius 3 is 2.46 bits per heavy atom. The predicted octanol–water partition coefficient (Wildman–Crippen LogP) is 1.63. The maximum atomic E-state index is 9.68. The molecule has 0 amide bonds. The number of aryl methyl sites for hydroxylation is 1. The van der Waals surface area contributed by atoms with Crippen LogP contribution in [0.25, 0.3) is 0 Å². The van der Waals surface area contributed by atoms with Crippen LogP contribution in [0, 0.1) is 6.92 Å². The van der Waals surface area contributed by atoms with Gasteiger partial charge >= 0.3 is 0 Å². The lowest BCUT2D eigenvalue weighted by molar-refractivity contribution is 0.0731. The number of nitrogens with zero attached hydrogens (tertiary/aromatic N) is 1. The molecule has 72 valence electrons. The van der Waals surface area contributed by atoms with Crippen molar-refractivity contribution in [2.24, 2.45) is 0 Å². The molecule has 0 saturated carbocycles. The van der Waals surface area contributed by atoms with E-state index in [1.165, 1.54) is 0 Å². The van der Waals surface area contributed by atoms with Crippen molar-refractivity contribution in [3.05, 3.63) is 23.4 Å². The quantitative estimate of drug-likeness (QED) is 0.754. The predicted molar refractivity (Wildman–Crippen MR) is 50.8 cm³/mol. The van der Waals surface area contributed by atoms with Crippen LogP contribution < -0.4 is 4.74 Å². The second-order valence-corrected chi connectivity index (χ2v) is 3.58. The van der Waals surface area contributed by atoms with E-state index in [2.05, 4.69) is 4.98 Å². The van der Waals surface area contributed by atoms with E-state index < -0.39 is 5.60 Å². The molecular weight excluding hydrogens is 166 g/mol. The summed E-state index contributed by atoms with van der Waals surface area (Å²) in [5.74, 6) is 0.569. The third kappa shape index (κ3) is 2.18. The topological polar surface area (TPSA) is 42.4 Å². The largest absolute Gasteiger partial charge is 0.481 e. The Morgan fingerprint density at radius 1 is 1.38 bits per heavy atom. The Balaban J connectivity index is 3.14. The molecule has 0 spiro atoms. The minimum atomic E-state index is -0.916. The summed E-state index contributed by atoms with van der Waals surface area (Å²) in [4.78, 5) is 4.19. The van der Waals surface area contributed by atoms with Crippen LogP contribution in [0.2, 0.25) is 0 Å². The highest BCUT2D eigenvalue weighted by Crippen LogP contribution is 2.22. The van der Waals surface area contributed by atoms with Crippen LogP contribution in [0.15, 0.2) is 12.1 Å². The van der Waals surface area contributed by atoms with Gasteiger partial charge in [0.1, 0.15) is 5.60 Å². The van der Waals surface area contributed by atoms with Gasteiger partial charge in [-0.1, -0.05) is 6.07 Å². The number of aromatic nitrogens is 1. The number of pyridine rings is 1. The zero-order valence-corrected chi connectivity index (χ0v) is 8.46. The lowest BCUT2D eigenvalue weighted by Gasteiger charge is -2.17. The molecule has 1 heterocycles. The average Bonchev–Trinajstić information content (AvgIpc) is 2.03. The van der Waals surface area contributed by atoms with Gasteiger partial charge in [-0.15, -0.1) is 0 Å². The van der Waals surface area contributed by atoms with E-state index in [4.69, 9.17) is 4.74 Å². The fraction of sp³-hybridized carbons (Fsp3) is 0.500. The molecule has 0 radical (unpaired) electrons. The summed E-state index contributed by atoms with van der Waals surface area (Å²) >= 11 is 0. The van der Waals surface area contributed by atoms with Gasteiger partial charge in [-0.3, -0.25) is 0 Å². The zero-order valence-electron chi connectivity index (χ0n) is 8.46. The van der Waals surface area contributed by atoms with E-state index in [0.29, 0.717) is 11.6 Å². The normalized spacial score (nSPS) is 11.5. The minimum Gasteiger partial charge on any atom is -0.481 e. The van der Waals surface area contributed by atoms with Crippen molar-refractivity contribution in [3.8, 4) is 5.88 Å². The van der Waals surface area contributed by atoms with Crippen molar-refractivity contribution in [2.75, 3.05) is 7.11 Å². The number of aliphatic hydroxyl groups is 1. The highest BCUT2D eigenvalue weighted by Gasteiger charge is 2.18. The third-order valence-electron chi connectivity index (χ3n) is 1.87. The fourth-order valence-corrected chi connectivity index (χ4v) is 1.06. The Kier molecular flexibility index (Phi) is 2.57. The molecular formula is C10H15NO2. The van der Waals surface area contributed by atoms with Gasteiger partial charge in [-0.05, 0) is 26.8 Å². The van der Waals surface area contributed by atoms with Crippen molar-refractivity contribution in [1.82, 2.24) is 4.98 Å². The van der Waals surface area contributed by atoms with Gasteiger partial charge in [0.2, 0.25) is 5.88 Å². The molecule has 3 nitrogen and oxygen atoms in total. The average molecular weight is 181 g/mol. The minimum absolute atomic E-state index is 0.569. The van der Waals surface area contributed by atoms with Gasteiger partial charge in [0.05, 0.1) is 12.8 Å².